The Bertz CT molecular complexity index is 778. The summed E-state index contributed by atoms with van der Waals surface area (Å²) in [6, 6.07) is 0. The topological polar surface area (TPSA) is 35.5 Å². The van der Waals surface area contributed by atoms with Crippen LogP contribution in [0.2, 0.25) is 0 Å². The third-order valence-electron chi connectivity index (χ3n) is 3.44. The van der Waals surface area contributed by atoms with Gasteiger partial charge in [0.1, 0.15) is 0 Å². The van der Waals surface area contributed by atoms with Crippen molar-refractivity contribution in [2.45, 2.75) is 53.9 Å². The van der Waals surface area contributed by atoms with Gasteiger partial charge in [-0.1, -0.05) is 6.58 Å². The molecule has 0 rings (SSSR count). The zero-order chi connectivity index (χ0) is 28.2. The Balaban J connectivity index is 7.12. The van der Waals surface area contributed by atoms with Crippen LogP contribution in [0.1, 0.15) is 0 Å². The molecule has 0 spiro atoms. The second-order valence-electron chi connectivity index (χ2n) is 5.66. The molecule has 0 aromatic carbocycles. The molecule has 22 heteroatoms. The number of halogens is 19. The molecule has 0 saturated heterocycles. The van der Waals surface area contributed by atoms with Crippen molar-refractivity contribution in [2.24, 2.45) is 0 Å². The third-order valence-corrected chi connectivity index (χ3v) is 3.44. The maximum Gasteiger partial charge on any atom is 0.525 e. The molecule has 1 atom stereocenters. The lowest BCUT2D eigenvalue weighted by atomic mass is 9.88. The van der Waals surface area contributed by atoms with E-state index in [0.717, 1.165) is 0 Å². The maximum atomic E-state index is 14.0. The minimum atomic E-state index is -8.97. The van der Waals surface area contributed by atoms with Gasteiger partial charge in [-0.25, -0.2) is 9.53 Å². The zero-order valence-electron chi connectivity index (χ0n) is 14.7. The number of alkyl halides is 19. The van der Waals surface area contributed by atoms with Crippen LogP contribution in [0.25, 0.3) is 0 Å². The lowest BCUT2D eigenvalue weighted by molar-refractivity contribution is -0.480. The Kier molecular flexibility index (Phi) is 7.69. The first-order chi connectivity index (χ1) is 14.4. The minimum Gasteiger partial charge on any atom is -0.431 e. The molecule has 202 valence electrons. The van der Waals surface area contributed by atoms with Crippen molar-refractivity contribution in [1.82, 2.24) is 0 Å². The molecule has 0 bridgehead atoms. The summed E-state index contributed by atoms with van der Waals surface area (Å²) in [6.07, 6.45) is -15.7. The highest BCUT2D eigenvalue weighted by molar-refractivity contribution is 5.80. The monoisotopic (exact) mass is 556 g/mol. The van der Waals surface area contributed by atoms with E-state index in [1.165, 1.54) is 0 Å². The molecular weight excluding hydrogens is 553 g/mol. The van der Waals surface area contributed by atoms with Crippen LogP contribution in [0.4, 0.5) is 83.4 Å². The van der Waals surface area contributed by atoms with E-state index in [4.69, 9.17) is 0 Å². The molecule has 0 radical (unpaired) electrons. The summed E-state index contributed by atoms with van der Waals surface area (Å²) >= 11 is 0. The fourth-order valence-corrected chi connectivity index (χ4v) is 1.71. The summed E-state index contributed by atoms with van der Waals surface area (Å²) in [5.41, 5.74) is 0. The molecule has 0 amide bonds. The number of rotatable bonds is 9. The Labute approximate surface area is 172 Å². The zero-order valence-corrected chi connectivity index (χ0v) is 14.7. The summed E-state index contributed by atoms with van der Waals surface area (Å²) in [6.45, 7) is 2.19. The van der Waals surface area contributed by atoms with Gasteiger partial charge < -0.3 is 4.74 Å². The number of ether oxygens (including phenoxy) is 2. The molecule has 3 nitrogen and oxygen atoms in total. The molecule has 0 aromatic rings. The van der Waals surface area contributed by atoms with E-state index in [-0.39, 0.29) is 0 Å². The molecule has 0 heterocycles. The Morgan fingerprint density at radius 3 is 1.09 bits per heavy atom. The van der Waals surface area contributed by atoms with Crippen LogP contribution in [0.3, 0.4) is 0 Å². The SMILES string of the molecule is C=COC(=O)C(F)(OC(F)(F)F)C(F)(F)C(F)(F)C(F)(F)C(F)(F)C(F)(F)C(F)(F)C(F)(F)F. The van der Waals surface area contributed by atoms with E-state index in [0.29, 0.717) is 0 Å². The van der Waals surface area contributed by atoms with Gasteiger partial charge in [0.25, 0.3) is 0 Å². The van der Waals surface area contributed by atoms with Crippen LogP contribution < -0.4 is 0 Å². The summed E-state index contributed by atoms with van der Waals surface area (Å²) < 4.78 is 250. The van der Waals surface area contributed by atoms with E-state index in [2.05, 4.69) is 11.3 Å². The number of hydrogen-bond acceptors (Lipinski definition) is 3. The number of carbonyl (C=O) groups excluding carboxylic acids is 1. The van der Waals surface area contributed by atoms with Gasteiger partial charge in [0.2, 0.25) is 0 Å². The largest absolute Gasteiger partial charge is 0.525 e. The molecule has 1 unspecified atom stereocenters. The lowest BCUT2D eigenvalue weighted by Crippen LogP contribution is -2.76. The van der Waals surface area contributed by atoms with E-state index in [1.54, 1.807) is 4.74 Å². The fraction of sp³-hybridized carbons (Fsp3) is 0.750. The summed E-state index contributed by atoms with van der Waals surface area (Å²) in [5, 5.41) is 0. The van der Waals surface area contributed by atoms with Crippen molar-refractivity contribution in [3.63, 3.8) is 0 Å². The van der Waals surface area contributed by atoms with Gasteiger partial charge in [0.05, 0.1) is 6.26 Å². The number of esters is 1. The Hall–Kier alpha value is -2.16. The average molecular weight is 556 g/mol. The van der Waals surface area contributed by atoms with Crippen molar-refractivity contribution >= 4 is 5.97 Å². The van der Waals surface area contributed by atoms with Crippen molar-refractivity contribution in [3.05, 3.63) is 12.8 Å². The number of hydrogen-bond donors (Lipinski definition) is 0. The van der Waals surface area contributed by atoms with Gasteiger partial charge in [-0.2, -0.15) is 70.2 Å². The molecule has 0 N–H and O–H groups in total. The van der Waals surface area contributed by atoms with Crippen molar-refractivity contribution < 1.29 is 97.7 Å². The van der Waals surface area contributed by atoms with Crippen LogP contribution in [0.5, 0.6) is 0 Å². The smallest absolute Gasteiger partial charge is 0.431 e. The second-order valence-corrected chi connectivity index (χ2v) is 5.66. The van der Waals surface area contributed by atoms with E-state index in [1.807, 2.05) is 0 Å². The third kappa shape index (κ3) is 4.32. The average Bonchev–Trinajstić information content (AvgIpc) is 2.58. The van der Waals surface area contributed by atoms with Crippen LogP contribution in [0, 0.1) is 0 Å². The van der Waals surface area contributed by atoms with Gasteiger partial charge >= 0.3 is 59.9 Å². The van der Waals surface area contributed by atoms with Crippen LogP contribution >= 0.6 is 0 Å². The molecule has 0 aromatic heterocycles. The normalized spacial score (nSPS) is 17.3. The molecule has 0 saturated carbocycles. The quantitative estimate of drug-likeness (QED) is 0.192. The fourth-order valence-electron chi connectivity index (χ4n) is 1.71. The van der Waals surface area contributed by atoms with Gasteiger partial charge in [0.15, 0.2) is 0 Å². The Morgan fingerprint density at radius 2 is 0.824 bits per heavy atom. The van der Waals surface area contributed by atoms with Gasteiger partial charge in [-0.05, 0) is 0 Å². The van der Waals surface area contributed by atoms with Crippen molar-refractivity contribution in [1.29, 1.82) is 0 Å². The number of carbonyl (C=O) groups is 1. The molecule has 0 fully saturated rings. The highest BCUT2D eigenvalue weighted by Crippen LogP contribution is 2.64. The predicted octanol–water partition coefficient (Wildman–Crippen LogP) is 6.25. The lowest BCUT2D eigenvalue weighted by Gasteiger charge is -2.43. The molecule has 0 aliphatic heterocycles. The van der Waals surface area contributed by atoms with Crippen LogP contribution in [-0.2, 0) is 14.3 Å². The maximum absolute atomic E-state index is 14.0. The van der Waals surface area contributed by atoms with Crippen molar-refractivity contribution in [3.8, 4) is 0 Å². The molecule has 0 aliphatic rings. The first-order valence-corrected chi connectivity index (χ1v) is 7.05. The van der Waals surface area contributed by atoms with E-state index in [9.17, 15) is 88.2 Å². The first-order valence-electron chi connectivity index (χ1n) is 7.05. The first kappa shape index (κ1) is 31.8. The van der Waals surface area contributed by atoms with Crippen LogP contribution in [-0.4, -0.2) is 59.9 Å². The summed E-state index contributed by atoms with van der Waals surface area (Å²) in [5.74, 6) is -63.8. The van der Waals surface area contributed by atoms with Gasteiger partial charge in [0, 0.05) is 0 Å². The van der Waals surface area contributed by atoms with Gasteiger partial charge in [-0.3, -0.25) is 0 Å². The van der Waals surface area contributed by atoms with Gasteiger partial charge in [-0.15, -0.1) is 13.2 Å². The van der Waals surface area contributed by atoms with Crippen LogP contribution in [0.15, 0.2) is 12.8 Å². The summed E-state index contributed by atoms with van der Waals surface area (Å²) in [7, 11) is 0. The standard InChI is InChI=1S/C12H3F19O3/c1-2-33-3(32)4(13,34-12(29,30)31)5(14,15)6(16,17)7(18,19)8(20,21)9(22,23)10(24,25)11(26,27)28/h2H,1H2. The Morgan fingerprint density at radius 1 is 0.529 bits per heavy atom. The molecular formula is C12H3F19O3. The summed E-state index contributed by atoms with van der Waals surface area (Å²) in [4.78, 5) is 10.9. The second kappa shape index (κ2) is 8.21. The predicted molar refractivity (Wildman–Crippen MR) is 63.0 cm³/mol. The molecule has 34 heavy (non-hydrogen) atoms. The van der Waals surface area contributed by atoms with E-state index >= 15 is 0 Å². The molecule has 0 aliphatic carbocycles. The minimum absolute atomic E-state index is 0.657. The highest BCUT2D eigenvalue weighted by Gasteiger charge is 2.96. The van der Waals surface area contributed by atoms with Crippen molar-refractivity contribution in [2.75, 3.05) is 0 Å². The highest BCUT2D eigenvalue weighted by atomic mass is 19.4. The van der Waals surface area contributed by atoms with E-state index < -0.39 is 66.2 Å².